The molecule has 1 heterocycles. The van der Waals surface area contributed by atoms with E-state index in [1.165, 1.54) is 0 Å². The summed E-state index contributed by atoms with van der Waals surface area (Å²) in [6.45, 7) is 10.7. The van der Waals surface area contributed by atoms with E-state index in [1.807, 2.05) is 30.3 Å². The third-order valence-corrected chi connectivity index (χ3v) is 4.75. The Balaban J connectivity index is 1.62. The summed E-state index contributed by atoms with van der Waals surface area (Å²) in [5.74, 6) is 0. The van der Waals surface area contributed by atoms with E-state index in [0.29, 0.717) is 26.4 Å². The lowest BCUT2D eigenvalue weighted by Gasteiger charge is -2.31. The summed E-state index contributed by atoms with van der Waals surface area (Å²) in [5, 5.41) is 0. The summed E-state index contributed by atoms with van der Waals surface area (Å²) >= 11 is 0. The topological polar surface area (TPSA) is 46.2 Å². The van der Waals surface area contributed by atoms with Gasteiger partial charge in [-0.05, 0) is 40.5 Å². The van der Waals surface area contributed by atoms with Crippen molar-refractivity contribution < 1.29 is 23.7 Å². The monoisotopic (exact) mass is 366 g/mol. The second-order valence-corrected chi connectivity index (χ2v) is 7.97. The van der Waals surface area contributed by atoms with E-state index in [0.717, 1.165) is 18.4 Å². The molecule has 1 aliphatic rings. The summed E-state index contributed by atoms with van der Waals surface area (Å²) in [6, 6.07) is 9.98. The van der Waals surface area contributed by atoms with Crippen molar-refractivity contribution in [2.24, 2.45) is 0 Å². The van der Waals surface area contributed by atoms with E-state index >= 15 is 0 Å². The van der Waals surface area contributed by atoms with Gasteiger partial charge in [-0.1, -0.05) is 30.3 Å². The first-order valence-corrected chi connectivity index (χ1v) is 9.40. The van der Waals surface area contributed by atoms with Crippen LogP contribution in [0.15, 0.2) is 30.3 Å². The molecule has 5 heteroatoms. The van der Waals surface area contributed by atoms with Crippen LogP contribution >= 0.6 is 0 Å². The van der Waals surface area contributed by atoms with Crippen LogP contribution < -0.4 is 0 Å². The smallest absolute Gasteiger partial charge is 0.184 e. The van der Waals surface area contributed by atoms with Crippen LogP contribution in [0.3, 0.4) is 0 Å². The van der Waals surface area contributed by atoms with Crippen molar-refractivity contribution in [3.8, 4) is 0 Å². The number of ether oxygens (including phenoxy) is 5. The average molecular weight is 366 g/mol. The molecule has 0 spiro atoms. The molecule has 0 aliphatic carbocycles. The minimum Gasteiger partial charge on any atom is -0.379 e. The Kier molecular flexibility index (Phi) is 8.05. The highest BCUT2D eigenvalue weighted by Gasteiger charge is 2.26. The van der Waals surface area contributed by atoms with E-state index in [4.69, 9.17) is 23.7 Å². The van der Waals surface area contributed by atoms with Crippen LogP contribution in [0.2, 0.25) is 0 Å². The Morgan fingerprint density at radius 3 is 2.15 bits per heavy atom. The summed E-state index contributed by atoms with van der Waals surface area (Å²) in [7, 11) is 1.73. The molecule has 0 saturated carbocycles. The molecule has 1 aliphatic heterocycles. The molecule has 1 saturated heterocycles. The molecule has 5 nitrogen and oxygen atoms in total. The van der Waals surface area contributed by atoms with Gasteiger partial charge in [-0.3, -0.25) is 0 Å². The predicted octanol–water partition coefficient (Wildman–Crippen LogP) is 4.12. The molecule has 1 fully saturated rings. The fourth-order valence-electron chi connectivity index (χ4n) is 2.60. The van der Waals surface area contributed by atoms with Crippen molar-refractivity contribution >= 4 is 0 Å². The maximum atomic E-state index is 6.01. The Morgan fingerprint density at radius 1 is 0.923 bits per heavy atom. The second-order valence-electron chi connectivity index (χ2n) is 7.97. The third kappa shape index (κ3) is 7.33. The minimum absolute atomic E-state index is 0.0295. The molecular weight excluding hydrogens is 332 g/mol. The molecule has 0 amide bonds. The molecule has 26 heavy (non-hydrogen) atoms. The normalized spacial score (nSPS) is 21.7. The Morgan fingerprint density at radius 2 is 1.54 bits per heavy atom. The maximum absolute atomic E-state index is 6.01. The van der Waals surface area contributed by atoms with Crippen molar-refractivity contribution in [1.29, 1.82) is 0 Å². The largest absolute Gasteiger partial charge is 0.379 e. The molecule has 0 aromatic heterocycles. The van der Waals surface area contributed by atoms with Crippen LogP contribution in [-0.2, 0) is 23.7 Å². The van der Waals surface area contributed by atoms with Gasteiger partial charge in [0, 0.05) is 19.3 Å². The van der Waals surface area contributed by atoms with Gasteiger partial charge in [0.2, 0.25) is 0 Å². The van der Waals surface area contributed by atoms with Crippen LogP contribution in [0, 0.1) is 0 Å². The first kappa shape index (κ1) is 21.3. The maximum Gasteiger partial charge on any atom is 0.184 e. The molecule has 0 bridgehead atoms. The Labute approximate surface area is 157 Å². The van der Waals surface area contributed by atoms with Gasteiger partial charge in [-0.25, -0.2) is 0 Å². The zero-order chi connectivity index (χ0) is 19.0. The third-order valence-electron chi connectivity index (χ3n) is 4.75. The van der Waals surface area contributed by atoms with Crippen LogP contribution in [0.5, 0.6) is 0 Å². The van der Waals surface area contributed by atoms with Gasteiger partial charge in [-0.15, -0.1) is 0 Å². The van der Waals surface area contributed by atoms with E-state index in [9.17, 15) is 0 Å². The highest BCUT2D eigenvalue weighted by molar-refractivity contribution is 5.16. The van der Waals surface area contributed by atoms with E-state index in [2.05, 4.69) is 27.7 Å². The van der Waals surface area contributed by atoms with Crippen molar-refractivity contribution in [2.45, 2.75) is 64.1 Å². The van der Waals surface area contributed by atoms with Gasteiger partial charge in [0.15, 0.2) is 6.29 Å². The first-order valence-electron chi connectivity index (χ1n) is 9.40. The van der Waals surface area contributed by atoms with Gasteiger partial charge in [-0.2, -0.15) is 0 Å². The van der Waals surface area contributed by atoms with Crippen molar-refractivity contribution in [3.05, 3.63) is 35.9 Å². The first-order chi connectivity index (χ1) is 12.3. The van der Waals surface area contributed by atoms with E-state index in [-0.39, 0.29) is 23.6 Å². The highest BCUT2D eigenvalue weighted by atomic mass is 16.7. The number of rotatable bonds is 10. The fraction of sp³-hybridized carbons (Fsp3) is 0.714. The van der Waals surface area contributed by atoms with Crippen molar-refractivity contribution in [3.63, 3.8) is 0 Å². The van der Waals surface area contributed by atoms with Crippen molar-refractivity contribution in [2.75, 3.05) is 33.5 Å². The molecule has 0 atom stereocenters. The molecule has 1 aromatic carbocycles. The van der Waals surface area contributed by atoms with Gasteiger partial charge in [0.05, 0.1) is 31.0 Å². The van der Waals surface area contributed by atoms with Crippen LogP contribution in [0.1, 0.15) is 52.4 Å². The average Bonchev–Trinajstić information content (AvgIpc) is 2.62. The lowest BCUT2D eigenvalue weighted by Crippen LogP contribution is -2.35. The number of hydrogen-bond donors (Lipinski definition) is 0. The van der Waals surface area contributed by atoms with E-state index < -0.39 is 0 Å². The fourth-order valence-corrected chi connectivity index (χ4v) is 2.60. The summed E-state index contributed by atoms with van der Waals surface area (Å²) in [5.41, 5.74) is 0.658. The van der Waals surface area contributed by atoms with Crippen molar-refractivity contribution in [1.82, 2.24) is 0 Å². The molecule has 0 N–H and O–H groups in total. The second kappa shape index (κ2) is 9.81. The summed E-state index contributed by atoms with van der Waals surface area (Å²) < 4.78 is 28.9. The lowest BCUT2D eigenvalue weighted by atomic mass is 10.0. The highest BCUT2D eigenvalue weighted by Crippen LogP contribution is 2.24. The zero-order valence-corrected chi connectivity index (χ0v) is 16.8. The molecule has 2 rings (SSSR count). The Bertz CT molecular complexity index is 506. The van der Waals surface area contributed by atoms with E-state index in [1.54, 1.807) is 7.11 Å². The van der Waals surface area contributed by atoms with Crippen LogP contribution in [-0.4, -0.2) is 50.8 Å². The van der Waals surface area contributed by atoms with Gasteiger partial charge in [0.1, 0.15) is 6.10 Å². The molecular formula is C21H34O5. The molecule has 0 radical (unpaired) electrons. The summed E-state index contributed by atoms with van der Waals surface area (Å²) in [4.78, 5) is 0. The number of benzene rings is 1. The summed E-state index contributed by atoms with van der Waals surface area (Å²) in [6.07, 6.45) is 1.36. The zero-order valence-electron chi connectivity index (χ0n) is 16.8. The SMILES string of the molecule is COC(C)(C)CCOC(C)(C)CCOC1COC(c2ccccc2)OC1. The van der Waals surface area contributed by atoms with Crippen LogP contribution in [0.25, 0.3) is 0 Å². The quantitative estimate of drug-likeness (QED) is 0.623. The Hall–Kier alpha value is -0.980. The molecule has 1 aromatic rings. The lowest BCUT2D eigenvalue weighted by molar-refractivity contribution is -0.232. The molecule has 148 valence electrons. The van der Waals surface area contributed by atoms with Crippen LogP contribution in [0.4, 0.5) is 0 Å². The number of hydrogen-bond acceptors (Lipinski definition) is 5. The van der Waals surface area contributed by atoms with Gasteiger partial charge >= 0.3 is 0 Å². The minimum atomic E-state index is -0.292. The van der Waals surface area contributed by atoms with Gasteiger partial charge < -0.3 is 23.7 Å². The predicted molar refractivity (Wildman–Crippen MR) is 101 cm³/mol. The molecule has 0 unspecified atom stereocenters. The van der Waals surface area contributed by atoms with Gasteiger partial charge in [0.25, 0.3) is 0 Å². The standard InChI is InChI=1S/C21H34O5/c1-20(2,22-5)12-14-26-21(3,4)11-13-23-18-15-24-19(25-16-18)17-9-7-6-8-10-17/h6-10,18-19H,11-16H2,1-5H3. The number of methoxy groups -OCH3 is 1.